The molecule has 0 N–H and O–H groups in total. The number of hydrogen-bond donors (Lipinski definition) is 0. The van der Waals surface area contributed by atoms with Gasteiger partial charge in [0.05, 0.1) is 40.3 Å². The summed E-state index contributed by atoms with van der Waals surface area (Å²) in [6.07, 6.45) is 43.1. The summed E-state index contributed by atoms with van der Waals surface area (Å²) in [5, 5.41) is 11.6. The summed E-state index contributed by atoms with van der Waals surface area (Å²) >= 11 is 0. The molecule has 0 aromatic carbocycles. The molecule has 0 saturated carbocycles. The quantitative estimate of drug-likeness (QED) is 0.0264. The molecule has 55 heavy (non-hydrogen) atoms. The van der Waals surface area contributed by atoms with E-state index in [1.807, 2.05) is 0 Å². The van der Waals surface area contributed by atoms with Crippen molar-refractivity contribution in [3.63, 3.8) is 0 Å². The zero-order chi connectivity index (χ0) is 40.7. The van der Waals surface area contributed by atoms with E-state index >= 15 is 0 Å². The topological polar surface area (TPSA) is 102 Å². The number of ether oxygens (including phenoxy) is 3. The fraction of sp³-hybridized carbons (Fsp3) is 0.809. The van der Waals surface area contributed by atoms with Gasteiger partial charge in [0.25, 0.3) is 0 Å². The number of allylic oxidation sites excluding steroid dienone is 6. The number of likely N-dealkylation sites (N-methyl/N-ethyl adjacent to an activating group) is 1. The van der Waals surface area contributed by atoms with Crippen LogP contribution in [0, 0.1) is 0 Å². The number of carbonyl (C=O) groups is 3. The first kappa shape index (κ1) is 52.6. The highest BCUT2D eigenvalue weighted by molar-refractivity contribution is 5.70. The molecule has 0 radical (unpaired) electrons. The molecule has 0 heterocycles. The first-order chi connectivity index (χ1) is 26.6. The van der Waals surface area contributed by atoms with Crippen molar-refractivity contribution in [3.05, 3.63) is 36.5 Å². The summed E-state index contributed by atoms with van der Waals surface area (Å²) in [4.78, 5) is 36.8. The van der Waals surface area contributed by atoms with Crippen LogP contribution < -0.4 is 5.11 Å². The summed E-state index contributed by atoms with van der Waals surface area (Å²) in [6, 6.07) is -0.723. The van der Waals surface area contributed by atoms with Gasteiger partial charge in [0.2, 0.25) is 0 Å². The summed E-state index contributed by atoms with van der Waals surface area (Å²) in [5.41, 5.74) is 0. The zero-order valence-corrected chi connectivity index (χ0v) is 36.3. The van der Waals surface area contributed by atoms with Crippen molar-refractivity contribution in [3.8, 4) is 0 Å². The maximum absolute atomic E-state index is 12.7. The summed E-state index contributed by atoms with van der Waals surface area (Å²) in [7, 11) is 5.41. The second-order valence-corrected chi connectivity index (χ2v) is 16.3. The Labute approximate surface area is 338 Å². The van der Waals surface area contributed by atoms with E-state index in [9.17, 15) is 19.5 Å². The van der Waals surface area contributed by atoms with Gasteiger partial charge in [0.1, 0.15) is 12.6 Å². The van der Waals surface area contributed by atoms with Crippen molar-refractivity contribution >= 4 is 17.9 Å². The monoisotopic (exact) mass is 776 g/mol. The average Bonchev–Trinajstić information content (AvgIpc) is 3.14. The Hall–Kier alpha value is -2.45. The number of nitrogens with zero attached hydrogens (tertiary/aromatic N) is 1. The summed E-state index contributed by atoms with van der Waals surface area (Å²) in [6.45, 7) is 4.54. The SMILES string of the molecule is CC/C=C/C/C=C/C/C=C/CCCCCCCCCCCCCC(=O)OCC(COCCC(C(=O)[O-])[N+](C)(C)C)OC(=O)CCCCCCCCCCCC. The smallest absolute Gasteiger partial charge is 0.306 e. The molecule has 2 atom stereocenters. The molecular formula is C47H85NO7. The van der Waals surface area contributed by atoms with Gasteiger partial charge in [0.15, 0.2) is 6.10 Å². The van der Waals surface area contributed by atoms with Crippen LogP contribution in [-0.2, 0) is 28.6 Å². The number of quaternary nitrogens is 1. The Morgan fingerprint density at radius 2 is 1.02 bits per heavy atom. The van der Waals surface area contributed by atoms with Crippen LogP contribution in [0.4, 0.5) is 0 Å². The Morgan fingerprint density at radius 1 is 0.564 bits per heavy atom. The minimum atomic E-state index is -1.12. The minimum Gasteiger partial charge on any atom is -0.544 e. The van der Waals surface area contributed by atoms with Crippen LogP contribution >= 0.6 is 0 Å². The molecule has 8 nitrogen and oxygen atoms in total. The number of carboxylic acids is 1. The number of esters is 2. The molecule has 0 rings (SSSR count). The fourth-order valence-electron chi connectivity index (χ4n) is 6.56. The second-order valence-electron chi connectivity index (χ2n) is 16.3. The van der Waals surface area contributed by atoms with Crippen LogP contribution in [0.25, 0.3) is 0 Å². The lowest BCUT2D eigenvalue weighted by Crippen LogP contribution is -2.55. The first-order valence-electron chi connectivity index (χ1n) is 22.5. The van der Waals surface area contributed by atoms with Gasteiger partial charge in [-0.3, -0.25) is 9.59 Å². The molecule has 0 aromatic rings. The third-order valence-electron chi connectivity index (χ3n) is 10.0. The number of carboxylic acid groups (broad SMARTS) is 1. The van der Waals surface area contributed by atoms with Crippen LogP contribution in [0.2, 0.25) is 0 Å². The van der Waals surface area contributed by atoms with Crippen LogP contribution in [0.1, 0.15) is 194 Å². The summed E-state index contributed by atoms with van der Waals surface area (Å²) < 4.78 is 17.1. The predicted molar refractivity (Wildman–Crippen MR) is 227 cm³/mol. The van der Waals surface area contributed by atoms with Gasteiger partial charge in [-0.2, -0.15) is 0 Å². The maximum Gasteiger partial charge on any atom is 0.306 e. The predicted octanol–water partition coefficient (Wildman–Crippen LogP) is 10.9. The Bertz CT molecular complexity index is 1000. The highest BCUT2D eigenvalue weighted by Crippen LogP contribution is 2.15. The molecule has 0 aliphatic heterocycles. The molecule has 0 bridgehead atoms. The Morgan fingerprint density at radius 3 is 1.51 bits per heavy atom. The van der Waals surface area contributed by atoms with E-state index in [-0.39, 0.29) is 42.7 Å². The lowest BCUT2D eigenvalue weighted by atomic mass is 10.0. The van der Waals surface area contributed by atoms with Crippen molar-refractivity contribution in [2.24, 2.45) is 0 Å². The van der Waals surface area contributed by atoms with Crippen molar-refractivity contribution in [2.45, 2.75) is 206 Å². The standard InChI is InChI=1S/C47H85NO7/c1-6-8-10-12-14-16-18-19-20-21-22-23-24-25-26-27-28-30-31-33-35-37-45(49)54-42-43(41-53-40-39-44(47(51)52)48(3,4)5)55-46(50)38-36-34-32-29-17-15-13-11-9-7-2/h8,10,14,16,19-20,43-44H,6-7,9,11-13,15,17-18,21-42H2,1-5H3/b10-8+,16-14+,20-19+. The van der Waals surface area contributed by atoms with Gasteiger partial charge in [-0.25, -0.2) is 0 Å². The minimum absolute atomic E-state index is 0.0428. The van der Waals surface area contributed by atoms with Crippen LogP contribution in [-0.4, -0.2) is 75.5 Å². The number of aliphatic carboxylic acids is 1. The van der Waals surface area contributed by atoms with Crippen LogP contribution in [0.15, 0.2) is 36.5 Å². The van der Waals surface area contributed by atoms with Crippen molar-refractivity contribution < 1.29 is 38.2 Å². The van der Waals surface area contributed by atoms with Gasteiger partial charge in [-0.15, -0.1) is 0 Å². The van der Waals surface area contributed by atoms with E-state index in [1.165, 1.54) is 103 Å². The number of carbonyl (C=O) groups excluding carboxylic acids is 3. The van der Waals surface area contributed by atoms with Crippen molar-refractivity contribution in [1.82, 2.24) is 0 Å². The molecule has 0 fully saturated rings. The van der Waals surface area contributed by atoms with Crippen molar-refractivity contribution in [1.29, 1.82) is 0 Å². The maximum atomic E-state index is 12.7. The van der Waals surface area contributed by atoms with E-state index in [2.05, 4.69) is 50.3 Å². The van der Waals surface area contributed by atoms with Crippen LogP contribution in [0.5, 0.6) is 0 Å². The zero-order valence-electron chi connectivity index (χ0n) is 36.3. The molecule has 8 heteroatoms. The van der Waals surface area contributed by atoms with Crippen LogP contribution in [0.3, 0.4) is 0 Å². The highest BCUT2D eigenvalue weighted by atomic mass is 16.6. The van der Waals surface area contributed by atoms with Gasteiger partial charge >= 0.3 is 11.9 Å². The molecule has 0 spiro atoms. The molecule has 0 amide bonds. The average molecular weight is 776 g/mol. The van der Waals surface area contributed by atoms with Gasteiger partial charge in [-0.1, -0.05) is 166 Å². The number of hydrogen-bond acceptors (Lipinski definition) is 7. The lowest BCUT2D eigenvalue weighted by molar-refractivity contribution is -0.889. The van der Waals surface area contributed by atoms with E-state index < -0.39 is 18.1 Å². The summed E-state index contributed by atoms with van der Waals surface area (Å²) in [5.74, 6) is -1.73. The molecule has 2 unspecified atom stereocenters. The van der Waals surface area contributed by atoms with Gasteiger partial charge in [0, 0.05) is 19.3 Å². The van der Waals surface area contributed by atoms with E-state index in [0.717, 1.165) is 57.8 Å². The Balaban J connectivity index is 4.21. The first-order valence-corrected chi connectivity index (χ1v) is 22.5. The van der Waals surface area contributed by atoms with E-state index in [0.29, 0.717) is 12.8 Å². The van der Waals surface area contributed by atoms with Crippen molar-refractivity contribution in [2.75, 3.05) is 41.0 Å². The van der Waals surface area contributed by atoms with Gasteiger partial charge in [-0.05, 0) is 44.9 Å². The fourth-order valence-corrected chi connectivity index (χ4v) is 6.56. The highest BCUT2D eigenvalue weighted by Gasteiger charge is 2.25. The molecule has 320 valence electrons. The molecule has 0 saturated heterocycles. The Kier molecular flexibility index (Phi) is 36.7. The van der Waals surface area contributed by atoms with Gasteiger partial charge < -0.3 is 28.6 Å². The normalized spacial score (nSPS) is 13.3. The molecule has 0 aliphatic rings. The molecule has 0 aromatic heterocycles. The molecular weight excluding hydrogens is 691 g/mol. The second kappa shape index (κ2) is 38.4. The van der Waals surface area contributed by atoms with E-state index in [1.54, 1.807) is 21.1 Å². The number of rotatable bonds is 40. The third-order valence-corrected chi connectivity index (χ3v) is 10.0. The largest absolute Gasteiger partial charge is 0.544 e. The third kappa shape index (κ3) is 36.9. The van der Waals surface area contributed by atoms with E-state index in [4.69, 9.17) is 14.2 Å². The lowest BCUT2D eigenvalue weighted by Gasteiger charge is -2.34. The number of unbranched alkanes of at least 4 members (excludes halogenated alkanes) is 20. The molecule has 0 aliphatic carbocycles.